The minimum absolute atomic E-state index is 0.0530. The number of aromatic amines is 1. The highest BCUT2D eigenvalue weighted by atomic mass is 35.5. The van der Waals surface area contributed by atoms with Crippen molar-refractivity contribution in [1.29, 1.82) is 0 Å². The van der Waals surface area contributed by atoms with Gasteiger partial charge in [-0.25, -0.2) is 0 Å². The quantitative estimate of drug-likeness (QED) is 0.0769. The number of unbranched alkanes of at least 4 members (excludes halogenated alkanes) is 1. The summed E-state index contributed by atoms with van der Waals surface area (Å²) >= 11 is 12.6. The molecule has 0 spiro atoms. The molecule has 17 heteroatoms. The van der Waals surface area contributed by atoms with E-state index in [9.17, 15) is 24.0 Å². The van der Waals surface area contributed by atoms with Gasteiger partial charge in [-0.1, -0.05) is 29.3 Å². The summed E-state index contributed by atoms with van der Waals surface area (Å²) in [6.07, 6.45) is 11.8. The highest BCUT2D eigenvalue weighted by molar-refractivity contribution is 6.35. The zero-order valence-electron chi connectivity index (χ0n) is 30.2. The maximum absolute atomic E-state index is 13.3. The van der Waals surface area contributed by atoms with E-state index in [1.807, 2.05) is 43.5 Å². The molecule has 7 rings (SSSR count). The summed E-state index contributed by atoms with van der Waals surface area (Å²) in [4.78, 5) is 67.7. The fourth-order valence-electron chi connectivity index (χ4n) is 6.74. The summed E-state index contributed by atoms with van der Waals surface area (Å²) < 4.78 is 7.91. The van der Waals surface area contributed by atoms with Crippen LogP contribution in [0.2, 0.25) is 10.0 Å². The molecule has 2 aliphatic rings. The van der Waals surface area contributed by atoms with Crippen LogP contribution >= 0.6 is 23.2 Å². The number of anilines is 1. The van der Waals surface area contributed by atoms with Crippen molar-refractivity contribution in [1.82, 2.24) is 40.5 Å². The van der Waals surface area contributed by atoms with Gasteiger partial charge in [-0.15, -0.1) is 0 Å². The average molecular weight is 799 g/mol. The molecule has 0 aliphatic carbocycles. The third-order valence-corrected chi connectivity index (χ3v) is 10.1. The van der Waals surface area contributed by atoms with Gasteiger partial charge in [-0.05, 0) is 68.7 Å². The van der Waals surface area contributed by atoms with Gasteiger partial charge in [0.15, 0.2) is 0 Å². The third-order valence-electron chi connectivity index (χ3n) is 9.54. The molecule has 1 unspecified atom stereocenters. The maximum Gasteiger partial charge on any atom is 0.264 e. The first-order chi connectivity index (χ1) is 27.1. The largest absolute Gasteiger partial charge is 0.486 e. The van der Waals surface area contributed by atoms with E-state index in [0.717, 1.165) is 27.1 Å². The van der Waals surface area contributed by atoms with E-state index >= 15 is 0 Å². The molecule has 5 aromatic rings. The summed E-state index contributed by atoms with van der Waals surface area (Å²) in [7, 11) is 0. The Hall–Kier alpha value is -6.06. The van der Waals surface area contributed by atoms with Crippen LogP contribution in [0.1, 0.15) is 82.7 Å². The van der Waals surface area contributed by atoms with Crippen molar-refractivity contribution in [3.63, 3.8) is 0 Å². The average Bonchev–Trinajstić information content (AvgIpc) is 3.86. The Morgan fingerprint density at radius 1 is 1.04 bits per heavy atom. The van der Waals surface area contributed by atoms with E-state index in [0.29, 0.717) is 65.9 Å². The van der Waals surface area contributed by atoms with Crippen LogP contribution in [-0.4, -0.2) is 78.5 Å². The fourth-order valence-corrected chi connectivity index (χ4v) is 7.42. The van der Waals surface area contributed by atoms with Crippen LogP contribution in [0.4, 0.5) is 5.69 Å². The zero-order valence-corrected chi connectivity index (χ0v) is 31.7. The topological polar surface area (TPSA) is 193 Å². The Morgan fingerprint density at radius 2 is 1.86 bits per heavy atom. The Balaban J connectivity index is 0.840. The first-order valence-corrected chi connectivity index (χ1v) is 18.8. The first-order valence-electron chi connectivity index (χ1n) is 18.1. The lowest BCUT2D eigenvalue weighted by atomic mass is 10.0. The molecule has 1 saturated heterocycles. The number of nitrogens with one attached hydrogen (secondary N) is 4. The maximum atomic E-state index is 13.3. The molecule has 4 N–H and O–H groups in total. The Bertz CT molecular complexity index is 2350. The number of piperidine rings is 1. The molecule has 15 nitrogen and oxygen atoms in total. The number of imide groups is 2. The molecule has 3 aromatic heterocycles. The minimum atomic E-state index is -1.03. The van der Waals surface area contributed by atoms with Crippen LogP contribution in [-0.2, 0) is 20.9 Å². The molecule has 0 radical (unpaired) electrons. The number of hydrogen-bond donors (Lipinski definition) is 4. The Labute approximate surface area is 330 Å². The number of carbonyl (C=O) groups excluding carboxylic acids is 5. The zero-order chi connectivity index (χ0) is 39.3. The van der Waals surface area contributed by atoms with Gasteiger partial charge < -0.3 is 15.4 Å². The van der Waals surface area contributed by atoms with Crippen LogP contribution in [0, 0.1) is 0 Å². The van der Waals surface area contributed by atoms with Gasteiger partial charge >= 0.3 is 0 Å². The second-order valence-corrected chi connectivity index (χ2v) is 14.2. The molecular weight excluding hydrogens is 761 g/mol. The second-order valence-electron chi connectivity index (χ2n) is 13.4. The number of ether oxygens (including phenoxy) is 1. The normalized spacial score (nSPS) is 16.1. The number of hydrogen-bond acceptors (Lipinski definition) is 10. The molecule has 2 aromatic carbocycles. The lowest BCUT2D eigenvalue weighted by Crippen LogP contribution is -2.54. The predicted molar refractivity (Wildman–Crippen MR) is 209 cm³/mol. The molecule has 0 saturated carbocycles. The Kier molecular flexibility index (Phi) is 11.4. The van der Waals surface area contributed by atoms with E-state index in [-0.39, 0.29) is 29.9 Å². The predicted octanol–water partition coefficient (Wildman–Crippen LogP) is 5.57. The number of nitrogens with zero attached hydrogens (tertiary/aromatic N) is 5. The number of amides is 5. The smallest absolute Gasteiger partial charge is 0.264 e. The van der Waals surface area contributed by atoms with Gasteiger partial charge in [0.1, 0.15) is 17.9 Å². The standard InChI is InChI=1S/C39H37Cl2N9O6/c1-22(35-27(40)19-42-20-28(35)41)56-24-9-11-30-26(17-24)29(47-48-30)10-8-23-18-45-49(21-23)16-15-44-33(51)7-2-3-14-43-31-6-4-5-25-36(31)39(55)50(38(25)54)32-12-13-34(52)46-37(32)53/h4-6,8-11,17-22,32,43H,2-3,7,12-16H2,1H3,(H,44,51)(H,47,48)(H,46,52,53)/b10-8+/t22-,32?/m1/s1. The molecule has 56 heavy (non-hydrogen) atoms. The lowest BCUT2D eigenvalue weighted by molar-refractivity contribution is -0.136. The summed E-state index contributed by atoms with van der Waals surface area (Å²) in [5, 5.41) is 21.9. The highest BCUT2D eigenvalue weighted by Crippen LogP contribution is 2.34. The van der Waals surface area contributed by atoms with E-state index < -0.39 is 35.8 Å². The molecule has 288 valence electrons. The van der Waals surface area contributed by atoms with Crippen molar-refractivity contribution >= 4 is 81.5 Å². The summed E-state index contributed by atoms with van der Waals surface area (Å²) in [5.41, 5.74) is 3.99. The van der Waals surface area contributed by atoms with Crippen LogP contribution in [0.5, 0.6) is 5.75 Å². The van der Waals surface area contributed by atoms with E-state index in [4.69, 9.17) is 27.9 Å². The highest BCUT2D eigenvalue weighted by Gasteiger charge is 2.45. The van der Waals surface area contributed by atoms with Crippen LogP contribution in [0.25, 0.3) is 23.1 Å². The number of rotatable bonds is 15. The van der Waals surface area contributed by atoms with Gasteiger partial charge in [0.2, 0.25) is 17.7 Å². The summed E-state index contributed by atoms with van der Waals surface area (Å²) in [5.74, 6) is -1.67. The van der Waals surface area contributed by atoms with Crippen molar-refractivity contribution in [2.75, 3.05) is 18.4 Å². The fraction of sp³-hybridized carbons (Fsp3) is 0.282. The monoisotopic (exact) mass is 797 g/mol. The van der Waals surface area contributed by atoms with Crippen LogP contribution < -0.4 is 20.7 Å². The van der Waals surface area contributed by atoms with Crippen molar-refractivity contribution < 1.29 is 28.7 Å². The van der Waals surface area contributed by atoms with Crippen molar-refractivity contribution in [3.8, 4) is 5.75 Å². The number of aromatic nitrogens is 5. The number of pyridine rings is 1. The summed E-state index contributed by atoms with van der Waals surface area (Å²) in [6, 6.07) is 9.53. The molecule has 0 bridgehead atoms. The van der Waals surface area contributed by atoms with Gasteiger partial charge in [0.05, 0.1) is 45.1 Å². The molecule has 1 fully saturated rings. The van der Waals surface area contributed by atoms with E-state index in [1.165, 1.54) is 12.4 Å². The van der Waals surface area contributed by atoms with Crippen molar-refractivity contribution in [3.05, 3.63) is 99.2 Å². The molecule has 5 amide bonds. The molecular formula is C39H37Cl2N9O6. The van der Waals surface area contributed by atoms with Crippen molar-refractivity contribution in [2.45, 2.75) is 57.7 Å². The van der Waals surface area contributed by atoms with Gasteiger partial charge in [0, 0.05) is 66.7 Å². The van der Waals surface area contributed by atoms with Gasteiger partial charge in [0.25, 0.3) is 11.8 Å². The minimum Gasteiger partial charge on any atom is -0.486 e. The van der Waals surface area contributed by atoms with Gasteiger partial charge in [-0.3, -0.25) is 49.0 Å². The second kappa shape index (κ2) is 16.8. The number of fused-ring (bicyclic) bond motifs is 2. The van der Waals surface area contributed by atoms with E-state index in [1.54, 1.807) is 29.1 Å². The number of halogens is 2. The third kappa shape index (κ3) is 8.28. The molecule has 5 heterocycles. The number of benzene rings is 2. The van der Waals surface area contributed by atoms with Crippen LogP contribution in [0.15, 0.2) is 61.2 Å². The van der Waals surface area contributed by atoms with E-state index in [2.05, 4.69) is 36.2 Å². The summed E-state index contributed by atoms with van der Waals surface area (Å²) in [6.45, 7) is 3.22. The van der Waals surface area contributed by atoms with Gasteiger partial charge in [-0.2, -0.15) is 10.2 Å². The number of carbonyl (C=O) groups is 5. The lowest BCUT2D eigenvalue weighted by Gasteiger charge is -2.27. The van der Waals surface area contributed by atoms with Crippen molar-refractivity contribution in [2.24, 2.45) is 0 Å². The Morgan fingerprint density at radius 3 is 2.66 bits per heavy atom. The number of H-pyrrole nitrogens is 1. The molecule has 2 atom stereocenters. The molecule has 2 aliphatic heterocycles. The van der Waals surface area contributed by atoms with Crippen LogP contribution in [0.3, 0.4) is 0 Å². The SMILES string of the molecule is C[C@@H](Oc1ccc2[nH]nc(/C=C/c3cnn(CCNC(=O)CCCCNc4cccc5c4C(=O)N(C4CCC(=O)NC4=O)C5=O)c3)c2c1)c1c(Cl)cncc1Cl. The first kappa shape index (κ1) is 38.2.